The Balaban J connectivity index is 1.60. The molecule has 1 aliphatic rings. The second kappa shape index (κ2) is 7.47. The number of rotatable bonds is 4. The highest BCUT2D eigenvalue weighted by molar-refractivity contribution is 7.12. The number of thiophene rings is 1. The van der Waals surface area contributed by atoms with Crippen molar-refractivity contribution in [2.24, 2.45) is 5.92 Å². The maximum Gasteiger partial charge on any atom is 0.326 e. The Hall–Kier alpha value is -2.68. The predicted octanol–water partition coefficient (Wildman–Crippen LogP) is 0.407. The standard InChI is InChI=1S/C16H18N4O4S/c21-13-7-11(18-16(24)19-13)15(23)20-5-1-3-10(9-20)8-17-14(22)12-4-2-6-25-12/h2,4,6-7,10H,1,3,5,8-9H2,(H,17,22)(H2,18,19,21,24). The first-order valence-corrected chi connectivity index (χ1v) is 8.85. The summed E-state index contributed by atoms with van der Waals surface area (Å²) in [5, 5.41) is 4.74. The van der Waals surface area contributed by atoms with Crippen molar-refractivity contribution in [2.45, 2.75) is 12.8 Å². The number of hydrogen-bond acceptors (Lipinski definition) is 5. The normalized spacial score (nSPS) is 17.3. The highest BCUT2D eigenvalue weighted by Gasteiger charge is 2.25. The van der Waals surface area contributed by atoms with Crippen LogP contribution in [-0.2, 0) is 0 Å². The number of nitrogens with one attached hydrogen (secondary N) is 3. The van der Waals surface area contributed by atoms with E-state index in [0.29, 0.717) is 24.5 Å². The van der Waals surface area contributed by atoms with Gasteiger partial charge in [0.2, 0.25) is 0 Å². The largest absolute Gasteiger partial charge is 0.351 e. The molecule has 9 heteroatoms. The van der Waals surface area contributed by atoms with Gasteiger partial charge in [-0.1, -0.05) is 6.07 Å². The van der Waals surface area contributed by atoms with Crippen LogP contribution in [0.1, 0.15) is 33.0 Å². The van der Waals surface area contributed by atoms with Crippen LogP contribution in [0.4, 0.5) is 0 Å². The zero-order valence-electron chi connectivity index (χ0n) is 13.4. The lowest BCUT2D eigenvalue weighted by atomic mass is 9.97. The molecule has 3 N–H and O–H groups in total. The summed E-state index contributed by atoms with van der Waals surface area (Å²) in [5.41, 5.74) is -1.33. The molecule has 25 heavy (non-hydrogen) atoms. The second-order valence-electron chi connectivity index (χ2n) is 5.95. The molecule has 1 unspecified atom stereocenters. The molecule has 0 aromatic carbocycles. The lowest BCUT2D eigenvalue weighted by Gasteiger charge is -2.32. The average Bonchev–Trinajstić information content (AvgIpc) is 3.13. The second-order valence-corrected chi connectivity index (χ2v) is 6.90. The minimum atomic E-state index is -0.701. The van der Waals surface area contributed by atoms with Gasteiger partial charge in [-0.15, -0.1) is 11.3 Å². The monoisotopic (exact) mass is 362 g/mol. The summed E-state index contributed by atoms with van der Waals surface area (Å²) in [6.07, 6.45) is 1.71. The van der Waals surface area contributed by atoms with Crippen LogP contribution in [0.3, 0.4) is 0 Å². The molecular formula is C16H18N4O4S. The first-order valence-electron chi connectivity index (χ1n) is 7.97. The van der Waals surface area contributed by atoms with E-state index in [0.717, 1.165) is 18.9 Å². The molecule has 0 aliphatic carbocycles. The molecule has 3 rings (SSSR count). The van der Waals surface area contributed by atoms with E-state index >= 15 is 0 Å². The Morgan fingerprint density at radius 1 is 1.32 bits per heavy atom. The predicted molar refractivity (Wildman–Crippen MR) is 93.0 cm³/mol. The van der Waals surface area contributed by atoms with Crippen molar-refractivity contribution in [3.63, 3.8) is 0 Å². The molecule has 8 nitrogen and oxygen atoms in total. The third-order valence-corrected chi connectivity index (χ3v) is 4.96. The summed E-state index contributed by atoms with van der Waals surface area (Å²) >= 11 is 1.38. The lowest BCUT2D eigenvalue weighted by molar-refractivity contribution is 0.0664. The number of aromatic amines is 2. The molecule has 2 aromatic rings. The van der Waals surface area contributed by atoms with Crippen molar-refractivity contribution in [3.8, 4) is 0 Å². The fourth-order valence-electron chi connectivity index (χ4n) is 2.90. The summed E-state index contributed by atoms with van der Waals surface area (Å²) in [5.74, 6) is -0.356. The Bertz CT molecular complexity index is 843. The van der Waals surface area contributed by atoms with Gasteiger partial charge >= 0.3 is 5.69 Å². The summed E-state index contributed by atoms with van der Waals surface area (Å²) in [7, 11) is 0. The first-order chi connectivity index (χ1) is 12.0. The number of hydrogen-bond donors (Lipinski definition) is 3. The number of aromatic nitrogens is 2. The van der Waals surface area contributed by atoms with Crippen molar-refractivity contribution in [2.75, 3.05) is 19.6 Å². The smallest absolute Gasteiger partial charge is 0.326 e. The van der Waals surface area contributed by atoms with E-state index in [9.17, 15) is 19.2 Å². The molecule has 1 saturated heterocycles. The van der Waals surface area contributed by atoms with E-state index in [-0.39, 0.29) is 23.4 Å². The van der Waals surface area contributed by atoms with Crippen LogP contribution < -0.4 is 16.6 Å². The summed E-state index contributed by atoms with van der Waals surface area (Å²) in [4.78, 5) is 53.8. The molecule has 2 amide bonds. The van der Waals surface area contributed by atoms with Crippen LogP contribution in [0.5, 0.6) is 0 Å². The summed E-state index contributed by atoms with van der Waals surface area (Å²) in [6, 6.07) is 4.68. The quantitative estimate of drug-likeness (QED) is 0.730. The van der Waals surface area contributed by atoms with Crippen molar-refractivity contribution < 1.29 is 9.59 Å². The van der Waals surface area contributed by atoms with E-state index in [1.165, 1.54) is 11.3 Å². The molecule has 0 bridgehead atoms. The van der Waals surface area contributed by atoms with Gasteiger partial charge in [0.05, 0.1) is 4.88 Å². The molecule has 1 fully saturated rings. The number of likely N-dealkylation sites (tertiary alicyclic amines) is 1. The van der Waals surface area contributed by atoms with E-state index < -0.39 is 11.2 Å². The van der Waals surface area contributed by atoms with Gasteiger partial charge in [0.1, 0.15) is 5.69 Å². The fourth-order valence-corrected chi connectivity index (χ4v) is 3.54. The molecule has 0 saturated carbocycles. The van der Waals surface area contributed by atoms with E-state index in [4.69, 9.17) is 0 Å². The molecule has 1 atom stereocenters. The minimum absolute atomic E-state index is 0.0166. The van der Waals surface area contributed by atoms with Crippen molar-refractivity contribution in [1.29, 1.82) is 0 Å². The maximum absolute atomic E-state index is 12.5. The van der Waals surface area contributed by atoms with Gasteiger partial charge in [-0.3, -0.25) is 19.4 Å². The molecule has 0 spiro atoms. The summed E-state index contributed by atoms with van der Waals surface area (Å²) in [6.45, 7) is 1.51. The third kappa shape index (κ3) is 4.24. The Kier molecular flexibility index (Phi) is 5.13. The van der Waals surface area contributed by atoms with Crippen molar-refractivity contribution >= 4 is 23.2 Å². The van der Waals surface area contributed by atoms with E-state index in [1.807, 2.05) is 16.4 Å². The average molecular weight is 362 g/mol. The van der Waals surface area contributed by atoms with E-state index in [2.05, 4.69) is 10.3 Å². The van der Waals surface area contributed by atoms with Crippen LogP contribution >= 0.6 is 11.3 Å². The molecule has 132 valence electrons. The summed E-state index contributed by atoms with van der Waals surface area (Å²) < 4.78 is 0. The number of nitrogens with zero attached hydrogens (tertiary/aromatic N) is 1. The highest BCUT2D eigenvalue weighted by atomic mass is 32.1. The van der Waals surface area contributed by atoms with Crippen LogP contribution in [-0.4, -0.2) is 46.3 Å². The number of carbonyl (C=O) groups is 2. The SMILES string of the molecule is O=C(NCC1CCCN(C(=O)c2cc(=O)[nH]c(=O)[nH]2)C1)c1cccs1. The maximum atomic E-state index is 12.5. The number of amides is 2. The van der Waals surface area contributed by atoms with Crippen LogP contribution in [0.15, 0.2) is 33.2 Å². The van der Waals surface area contributed by atoms with Gasteiger partial charge in [0.25, 0.3) is 17.4 Å². The molecule has 1 aliphatic heterocycles. The molecule has 3 heterocycles. The van der Waals surface area contributed by atoms with Crippen molar-refractivity contribution in [1.82, 2.24) is 20.2 Å². The number of H-pyrrole nitrogens is 2. The number of piperidine rings is 1. The van der Waals surface area contributed by atoms with Gasteiger partial charge in [0, 0.05) is 25.7 Å². The topological polar surface area (TPSA) is 115 Å². The highest BCUT2D eigenvalue weighted by Crippen LogP contribution is 2.17. The van der Waals surface area contributed by atoms with Crippen molar-refractivity contribution in [3.05, 3.63) is 55.0 Å². The fraction of sp³-hybridized carbons (Fsp3) is 0.375. The Labute approximate surface area is 146 Å². The zero-order chi connectivity index (χ0) is 17.8. The lowest BCUT2D eigenvalue weighted by Crippen LogP contribution is -2.44. The van der Waals surface area contributed by atoms with Crippen LogP contribution in [0, 0.1) is 5.92 Å². The van der Waals surface area contributed by atoms with E-state index in [1.54, 1.807) is 11.0 Å². The Morgan fingerprint density at radius 2 is 2.16 bits per heavy atom. The molecule has 2 aromatic heterocycles. The first kappa shape index (κ1) is 17.2. The van der Waals surface area contributed by atoms with Gasteiger partial charge < -0.3 is 15.2 Å². The molecular weight excluding hydrogens is 344 g/mol. The van der Waals surface area contributed by atoms with Crippen LogP contribution in [0.25, 0.3) is 0 Å². The third-order valence-electron chi connectivity index (χ3n) is 4.09. The van der Waals surface area contributed by atoms with Gasteiger partial charge in [-0.2, -0.15) is 0 Å². The minimum Gasteiger partial charge on any atom is -0.351 e. The number of carbonyl (C=O) groups excluding carboxylic acids is 2. The zero-order valence-corrected chi connectivity index (χ0v) is 14.2. The molecule has 0 radical (unpaired) electrons. The Morgan fingerprint density at radius 3 is 2.88 bits per heavy atom. The van der Waals surface area contributed by atoms with Gasteiger partial charge in [-0.25, -0.2) is 4.79 Å². The van der Waals surface area contributed by atoms with Gasteiger partial charge in [-0.05, 0) is 30.2 Å². The van der Waals surface area contributed by atoms with Gasteiger partial charge in [0.15, 0.2) is 0 Å². The van der Waals surface area contributed by atoms with Crippen LogP contribution in [0.2, 0.25) is 0 Å².